The molecule has 0 aliphatic heterocycles. The van der Waals surface area contributed by atoms with Crippen molar-refractivity contribution in [1.29, 1.82) is 0 Å². The molecule has 1 aromatic heterocycles. The van der Waals surface area contributed by atoms with Gasteiger partial charge in [-0.05, 0) is 35.4 Å². The van der Waals surface area contributed by atoms with Crippen LogP contribution in [0.15, 0.2) is 54.6 Å². The fourth-order valence-corrected chi connectivity index (χ4v) is 2.13. The third-order valence-electron chi connectivity index (χ3n) is 3.14. The van der Waals surface area contributed by atoms with E-state index in [0.717, 1.165) is 18.1 Å². The standard InChI is InChI=1S/C16H15N3/c1-12-9-10-16(19-18-12)17-11-14-7-4-6-13-5-2-3-8-15(13)14/h2-10H,11H2,1H3,(H,17,19). The van der Waals surface area contributed by atoms with Crippen molar-refractivity contribution in [2.75, 3.05) is 5.32 Å². The van der Waals surface area contributed by atoms with Crippen molar-refractivity contribution in [3.8, 4) is 0 Å². The predicted molar refractivity (Wildman–Crippen MR) is 78.0 cm³/mol. The summed E-state index contributed by atoms with van der Waals surface area (Å²) in [4.78, 5) is 0. The van der Waals surface area contributed by atoms with Crippen LogP contribution in [0.3, 0.4) is 0 Å². The largest absolute Gasteiger partial charge is 0.364 e. The minimum atomic E-state index is 0.749. The normalized spacial score (nSPS) is 10.6. The molecule has 0 bridgehead atoms. The maximum atomic E-state index is 4.11. The number of nitrogens with one attached hydrogen (secondary N) is 1. The number of hydrogen-bond acceptors (Lipinski definition) is 3. The fraction of sp³-hybridized carbons (Fsp3) is 0.125. The summed E-state index contributed by atoms with van der Waals surface area (Å²) >= 11 is 0. The van der Waals surface area contributed by atoms with Crippen molar-refractivity contribution in [2.45, 2.75) is 13.5 Å². The highest BCUT2D eigenvalue weighted by molar-refractivity contribution is 5.85. The molecule has 0 aliphatic rings. The molecule has 2 aromatic carbocycles. The Morgan fingerprint density at radius 3 is 2.58 bits per heavy atom. The first-order valence-electron chi connectivity index (χ1n) is 6.34. The second-order valence-electron chi connectivity index (χ2n) is 4.55. The van der Waals surface area contributed by atoms with E-state index in [-0.39, 0.29) is 0 Å². The summed E-state index contributed by atoms with van der Waals surface area (Å²) in [5, 5.41) is 14.0. The van der Waals surface area contributed by atoms with Crippen LogP contribution in [0.4, 0.5) is 5.82 Å². The number of aromatic nitrogens is 2. The van der Waals surface area contributed by atoms with E-state index in [9.17, 15) is 0 Å². The van der Waals surface area contributed by atoms with E-state index in [2.05, 4.69) is 58.0 Å². The third kappa shape index (κ3) is 2.55. The van der Waals surface area contributed by atoms with Gasteiger partial charge in [0.15, 0.2) is 0 Å². The lowest BCUT2D eigenvalue weighted by molar-refractivity contribution is 0.964. The first-order valence-corrected chi connectivity index (χ1v) is 6.34. The van der Waals surface area contributed by atoms with Crippen molar-refractivity contribution in [3.63, 3.8) is 0 Å². The second-order valence-corrected chi connectivity index (χ2v) is 4.55. The van der Waals surface area contributed by atoms with Gasteiger partial charge in [0.1, 0.15) is 5.82 Å². The van der Waals surface area contributed by atoms with Crippen LogP contribution in [0.5, 0.6) is 0 Å². The predicted octanol–water partition coefficient (Wildman–Crippen LogP) is 3.55. The molecule has 0 spiro atoms. The second kappa shape index (κ2) is 5.06. The zero-order chi connectivity index (χ0) is 13.1. The Morgan fingerprint density at radius 2 is 1.74 bits per heavy atom. The van der Waals surface area contributed by atoms with E-state index in [1.807, 2.05) is 19.1 Å². The molecule has 0 aliphatic carbocycles. The maximum absolute atomic E-state index is 4.11. The number of hydrogen-bond donors (Lipinski definition) is 1. The summed E-state index contributed by atoms with van der Waals surface area (Å²) in [6.07, 6.45) is 0. The molecule has 3 nitrogen and oxygen atoms in total. The summed E-state index contributed by atoms with van der Waals surface area (Å²) in [5.41, 5.74) is 2.19. The van der Waals surface area contributed by atoms with Crippen molar-refractivity contribution in [1.82, 2.24) is 10.2 Å². The lowest BCUT2D eigenvalue weighted by atomic mass is 10.0. The zero-order valence-corrected chi connectivity index (χ0v) is 10.8. The number of benzene rings is 2. The average molecular weight is 249 g/mol. The highest BCUT2D eigenvalue weighted by Crippen LogP contribution is 2.19. The van der Waals surface area contributed by atoms with Gasteiger partial charge in [0, 0.05) is 6.54 Å². The number of rotatable bonds is 3. The summed E-state index contributed by atoms with van der Waals surface area (Å²) in [7, 11) is 0. The van der Waals surface area contributed by atoms with Crippen LogP contribution in [-0.2, 0) is 6.54 Å². The number of fused-ring (bicyclic) bond motifs is 1. The molecule has 3 heteroatoms. The van der Waals surface area contributed by atoms with Crippen molar-refractivity contribution in [2.24, 2.45) is 0 Å². The van der Waals surface area contributed by atoms with Gasteiger partial charge in [-0.2, -0.15) is 5.10 Å². The van der Waals surface area contributed by atoms with Gasteiger partial charge < -0.3 is 5.32 Å². The van der Waals surface area contributed by atoms with Crippen molar-refractivity contribution >= 4 is 16.6 Å². The summed E-state index contributed by atoms with van der Waals surface area (Å²) < 4.78 is 0. The number of anilines is 1. The molecule has 3 aromatic rings. The first-order chi connectivity index (χ1) is 9.33. The van der Waals surface area contributed by atoms with E-state index in [1.54, 1.807) is 0 Å². The lowest BCUT2D eigenvalue weighted by Gasteiger charge is -2.08. The van der Waals surface area contributed by atoms with Crippen LogP contribution in [-0.4, -0.2) is 10.2 Å². The maximum Gasteiger partial charge on any atom is 0.148 e. The lowest BCUT2D eigenvalue weighted by Crippen LogP contribution is -2.03. The Labute approximate surface area is 112 Å². The molecule has 94 valence electrons. The molecule has 1 N–H and O–H groups in total. The Hall–Kier alpha value is -2.42. The Morgan fingerprint density at radius 1 is 0.895 bits per heavy atom. The average Bonchev–Trinajstić information content (AvgIpc) is 2.47. The monoisotopic (exact) mass is 249 g/mol. The minimum Gasteiger partial charge on any atom is -0.364 e. The Balaban J connectivity index is 1.84. The number of aryl methyl sites for hydroxylation is 1. The molecular formula is C16H15N3. The molecule has 0 radical (unpaired) electrons. The van der Waals surface area contributed by atoms with E-state index < -0.39 is 0 Å². The zero-order valence-electron chi connectivity index (χ0n) is 10.8. The molecule has 0 fully saturated rings. The van der Waals surface area contributed by atoms with Crippen molar-refractivity contribution < 1.29 is 0 Å². The molecule has 3 rings (SSSR count). The van der Waals surface area contributed by atoms with Crippen molar-refractivity contribution in [3.05, 3.63) is 65.9 Å². The summed E-state index contributed by atoms with van der Waals surface area (Å²) in [6, 6.07) is 18.7. The highest BCUT2D eigenvalue weighted by atomic mass is 15.2. The van der Waals surface area contributed by atoms with Crippen LogP contribution >= 0.6 is 0 Å². The highest BCUT2D eigenvalue weighted by Gasteiger charge is 2.00. The SMILES string of the molecule is Cc1ccc(NCc2cccc3ccccc23)nn1. The fourth-order valence-electron chi connectivity index (χ4n) is 2.13. The molecule has 19 heavy (non-hydrogen) atoms. The van der Waals surface area contributed by atoms with E-state index in [1.165, 1.54) is 16.3 Å². The topological polar surface area (TPSA) is 37.8 Å². The van der Waals surface area contributed by atoms with E-state index in [4.69, 9.17) is 0 Å². The van der Waals surface area contributed by atoms with Gasteiger partial charge in [0.25, 0.3) is 0 Å². The molecule has 0 unspecified atom stereocenters. The van der Waals surface area contributed by atoms with Crippen LogP contribution < -0.4 is 5.32 Å². The summed E-state index contributed by atoms with van der Waals surface area (Å²) in [6.45, 7) is 2.68. The minimum absolute atomic E-state index is 0.749. The first kappa shape index (κ1) is 11.7. The van der Waals surface area contributed by atoms with Crippen LogP contribution in [0, 0.1) is 6.92 Å². The molecular weight excluding hydrogens is 234 g/mol. The smallest absolute Gasteiger partial charge is 0.148 e. The quantitative estimate of drug-likeness (QED) is 0.771. The van der Waals surface area contributed by atoms with Gasteiger partial charge in [-0.3, -0.25) is 0 Å². The van der Waals surface area contributed by atoms with Gasteiger partial charge in [0.05, 0.1) is 5.69 Å². The molecule has 0 saturated carbocycles. The molecule has 0 atom stereocenters. The Kier molecular flexibility index (Phi) is 3.11. The molecule has 1 heterocycles. The van der Waals surface area contributed by atoms with Crippen LogP contribution in [0.1, 0.15) is 11.3 Å². The van der Waals surface area contributed by atoms with Gasteiger partial charge in [-0.1, -0.05) is 42.5 Å². The van der Waals surface area contributed by atoms with E-state index >= 15 is 0 Å². The Bertz CT molecular complexity index is 684. The van der Waals surface area contributed by atoms with Gasteiger partial charge in [-0.15, -0.1) is 5.10 Å². The van der Waals surface area contributed by atoms with Crippen LogP contribution in [0.2, 0.25) is 0 Å². The van der Waals surface area contributed by atoms with Gasteiger partial charge >= 0.3 is 0 Å². The number of nitrogens with zero attached hydrogens (tertiary/aromatic N) is 2. The summed E-state index contributed by atoms with van der Waals surface area (Å²) in [5.74, 6) is 0.804. The van der Waals surface area contributed by atoms with E-state index in [0.29, 0.717) is 0 Å². The third-order valence-corrected chi connectivity index (χ3v) is 3.14. The van der Waals surface area contributed by atoms with Gasteiger partial charge in [0.2, 0.25) is 0 Å². The molecule has 0 amide bonds. The molecule has 0 saturated heterocycles. The van der Waals surface area contributed by atoms with Gasteiger partial charge in [-0.25, -0.2) is 0 Å². The van der Waals surface area contributed by atoms with Crippen LogP contribution in [0.25, 0.3) is 10.8 Å².